The standard InChI is InChI=1S/C24H25ClN4O3/c1-15-28-21-18(25)12-16-13-19(23(30)27-10-11-31-17-6-5-9-26-14-17)32-22(16)20(21)24(29-15)7-3-2-4-8-24/h5-6,9,12-14,28-29H,1-4,7-8,10-11H2,(H,27,30). The number of benzene rings is 1. The number of furan rings is 1. The molecule has 0 saturated heterocycles. The van der Waals surface area contributed by atoms with Gasteiger partial charge in [0.2, 0.25) is 0 Å². The zero-order valence-electron chi connectivity index (χ0n) is 17.7. The third kappa shape index (κ3) is 3.77. The first kappa shape index (κ1) is 20.7. The van der Waals surface area contributed by atoms with Gasteiger partial charge in [0.25, 0.3) is 5.91 Å². The van der Waals surface area contributed by atoms with Crippen molar-refractivity contribution in [2.24, 2.45) is 0 Å². The molecular weight excluding hydrogens is 428 g/mol. The van der Waals surface area contributed by atoms with Crippen molar-refractivity contribution in [3.05, 3.63) is 65.4 Å². The smallest absolute Gasteiger partial charge is 0.287 e. The third-order valence-corrected chi connectivity index (χ3v) is 6.42. The van der Waals surface area contributed by atoms with Crippen molar-refractivity contribution in [2.45, 2.75) is 37.6 Å². The number of nitrogens with zero attached hydrogens (tertiary/aromatic N) is 1. The summed E-state index contributed by atoms with van der Waals surface area (Å²) in [5.41, 5.74) is 2.21. The van der Waals surface area contributed by atoms with Crippen LogP contribution < -0.4 is 20.7 Å². The summed E-state index contributed by atoms with van der Waals surface area (Å²) in [7, 11) is 0. The molecule has 1 aliphatic heterocycles. The molecule has 8 heteroatoms. The Morgan fingerprint density at radius 3 is 2.94 bits per heavy atom. The molecule has 1 amide bonds. The molecule has 5 rings (SSSR count). The molecule has 32 heavy (non-hydrogen) atoms. The Bertz CT molecular complexity index is 1170. The molecule has 166 valence electrons. The van der Waals surface area contributed by atoms with Crippen LogP contribution in [0.3, 0.4) is 0 Å². The molecule has 3 aromatic rings. The van der Waals surface area contributed by atoms with Crippen LogP contribution in [0.1, 0.15) is 48.2 Å². The Morgan fingerprint density at radius 1 is 1.31 bits per heavy atom. The van der Waals surface area contributed by atoms with Gasteiger partial charge in [-0.2, -0.15) is 0 Å². The Labute approximate surface area is 191 Å². The molecule has 2 aromatic heterocycles. The van der Waals surface area contributed by atoms with Gasteiger partial charge in [0, 0.05) is 17.1 Å². The highest BCUT2D eigenvalue weighted by Gasteiger charge is 2.42. The fraction of sp³-hybridized carbons (Fsp3) is 0.333. The largest absolute Gasteiger partial charge is 0.490 e. The summed E-state index contributed by atoms with van der Waals surface area (Å²) in [6.07, 6.45) is 8.66. The predicted molar refractivity (Wildman–Crippen MR) is 124 cm³/mol. The van der Waals surface area contributed by atoms with Crippen molar-refractivity contribution >= 4 is 34.2 Å². The number of hydrogen-bond donors (Lipinski definition) is 3. The third-order valence-electron chi connectivity index (χ3n) is 6.13. The van der Waals surface area contributed by atoms with Gasteiger partial charge in [-0.1, -0.05) is 37.4 Å². The highest BCUT2D eigenvalue weighted by molar-refractivity contribution is 6.34. The molecule has 0 unspecified atom stereocenters. The van der Waals surface area contributed by atoms with E-state index in [1.54, 1.807) is 24.5 Å². The maximum Gasteiger partial charge on any atom is 0.287 e. The average molecular weight is 453 g/mol. The number of anilines is 1. The number of ether oxygens (including phenoxy) is 1. The molecule has 1 saturated carbocycles. The second kappa shape index (κ2) is 8.39. The van der Waals surface area contributed by atoms with Crippen LogP contribution in [0.2, 0.25) is 5.02 Å². The molecule has 3 heterocycles. The van der Waals surface area contributed by atoms with E-state index in [1.165, 1.54) is 6.42 Å². The van der Waals surface area contributed by atoms with Crippen LogP contribution in [0.15, 0.2) is 53.5 Å². The Hall–Kier alpha value is -3.19. The first-order valence-electron chi connectivity index (χ1n) is 10.9. The molecule has 1 aromatic carbocycles. The normalized spacial score (nSPS) is 16.8. The van der Waals surface area contributed by atoms with Crippen molar-refractivity contribution in [1.82, 2.24) is 15.6 Å². The van der Waals surface area contributed by atoms with Crippen molar-refractivity contribution in [3.63, 3.8) is 0 Å². The van der Waals surface area contributed by atoms with E-state index >= 15 is 0 Å². The van der Waals surface area contributed by atoms with Crippen molar-refractivity contribution in [1.29, 1.82) is 0 Å². The predicted octanol–water partition coefficient (Wildman–Crippen LogP) is 4.94. The fourth-order valence-corrected chi connectivity index (χ4v) is 5.02. The zero-order valence-corrected chi connectivity index (χ0v) is 18.4. The summed E-state index contributed by atoms with van der Waals surface area (Å²) in [6, 6.07) is 7.20. The summed E-state index contributed by atoms with van der Waals surface area (Å²) in [5.74, 6) is 1.35. The van der Waals surface area contributed by atoms with Crippen LogP contribution in [0.5, 0.6) is 5.75 Å². The van der Waals surface area contributed by atoms with E-state index in [0.29, 0.717) is 29.5 Å². The molecule has 0 atom stereocenters. The number of aromatic nitrogens is 1. The van der Waals surface area contributed by atoms with Crippen molar-refractivity contribution < 1.29 is 13.9 Å². The van der Waals surface area contributed by atoms with Crippen LogP contribution in [0.25, 0.3) is 11.0 Å². The molecule has 3 N–H and O–H groups in total. The minimum atomic E-state index is -0.292. The first-order valence-corrected chi connectivity index (χ1v) is 11.3. The number of fused-ring (bicyclic) bond motifs is 4. The zero-order chi connectivity index (χ0) is 22.1. The van der Waals surface area contributed by atoms with Gasteiger partial charge in [0.15, 0.2) is 5.76 Å². The van der Waals surface area contributed by atoms with E-state index in [1.807, 2.05) is 12.1 Å². The van der Waals surface area contributed by atoms with Gasteiger partial charge in [-0.05, 0) is 37.1 Å². The van der Waals surface area contributed by atoms with Gasteiger partial charge < -0.3 is 25.1 Å². The van der Waals surface area contributed by atoms with Crippen molar-refractivity contribution in [3.8, 4) is 5.75 Å². The van der Waals surface area contributed by atoms with Gasteiger partial charge in [-0.3, -0.25) is 9.78 Å². The summed E-state index contributed by atoms with van der Waals surface area (Å²) in [4.78, 5) is 16.7. The quantitative estimate of drug-likeness (QED) is 0.475. The van der Waals surface area contributed by atoms with Gasteiger partial charge in [0.05, 0.1) is 34.8 Å². The maximum atomic E-state index is 12.7. The molecule has 0 radical (unpaired) electrons. The second-order valence-electron chi connectivity index (χ2n) is 8.30. The van der Waals surface area contributed by atoms with Gasteiger partial charge >= 0.3 is 0 Å². The van der Waals surface area contributed by atoms with E-state index in [0.717, 1.165) is 48.1 Å². The Kier molecular flexibility index (Phi) is 5.43. The lowest BCUT2D eigenvalue weighted by atomic mass is 9.74. The van der Waals surface area contributed by atoms with Crippen LogP contribution in [0.4, 0.5) is 5.69 Å². The first-order chi connectivity index (χ1) is 15.6. The number of carbonyl (C=O) groups is 1. The lowest BCUT2D eigenvalue weighted by Crippen LogP contribution is -2.48. The number of carbonyl (C=O) groups excluding carboxylic acids is 1. The Morgan fingerprint density at radius 2 is 2.16 bits per heavy atom. The van der Waals surface area contributed by atoms with Gasteiger partial charge in [-0.15, -0.1) is 0 Å². The molecule has 1 fully saturated rings. The van der Waals surface area contributed by atoms with Crippen LogP contribution in [-0.4, -0.2) is 24.0 Å². The average Bonchev–Trinajstić information content (AvgIpc) is 3.21. The lowest BCUT2D eigenvalue weighted by Gasteiger charge is -2.44. The maximum absolute atomic E-state index is 12.7. The van der Waals surface area contributed by atoms with Crippen LogP contribution >= 0.6 is 11.6 Å². The number of pyridine rings is 1. The van der Waals surface area contributed by atoms with E-state index in [-0.39, 0.29) is 17.2 Å². The molecule has 1 spiro atoms. The highest BCUT2D eigenvalue weighted by Crippen LogP contribution is 2.49. The van der Waals surface area contributed by atoms with E-state index in [9.17, 15) is 4.79 Å². The van der Waals surface area contributed by atoms with E-state index < -0.39 is 0 Å². The topological polar surface area (TPSA) is 88.4 Å². The lowest BCUT2D eigenvalue weighted by molar-refractivity contribution is 0.0921. The van der Waals surface area contributed by atoms with Crippen molar-refractivity contribution in [2.75, 3.05) is 18.5 Å². The second-order valence-corrected chi connectivity index (χ2v) is 8.71. The fourth-order valence-electron chi connectivity index (χ4n) is 4.76. The van der Waals surface area contributed by atoms with E-state index in [2.05, 4.69) is 27.5 Å². The number of nitrogens with one attached hydrogen (secondary N) is 3. The van der Waals surface area contributed by atoms with Gasteiger partial charge in [-0.25, -0.2) is 0 Å². The summed E-state index contributed by atoms with van der Waals surface area (Å²) in [6.45, 7) is 4.76. The minimum Gasteiger partial charge on any atom is -0.490 e. The summed E-state index contributed by atoms with van der Waals surface area (Å²) in [5, 5.41) is 11.1. The molecule has 7 nitrogen and oxygen atoms in total. The summed E-state index contributed by atoms with van der Waals surface area (Å²) >= 11 is 6.64. The number of hydrogen-bond acceptors (Lipinski definition) is 6. The van der Waals surface area contributed by atoms with Crippen LogP contribution in [-0.2, 0) is 5.54 Å². The molecule has 1 aliphatic carbocycles. The Balaban J connectivity index is 1.40. The SMILES string of the molecule is C=C1Nc2c(Cl)cc3cc(C(=O)NCCOc4cccnc4)oc3c2C2(CCCCC2)N1. The monoisotopic (exact) mass is 452 g/mol. The summed E-state index contributed by atoms with van der Waals surface area (Å²) < 4.78 is 11.7. The minimum absolute atomic E-state index is 0.251. The molecular formula is C24H25ClN4O3. The number of amides is 1. The molecule has 0 bridgehead atoms. The highest BCUT2D eigenvalue weighted by atomic mass is 35.5. The number of halogens is 1. The van der Waals surface area contributed by atoms with Gasteiger partial charge in [0.1, 0.15) is 17.9 Å². The molecule has 2 aliphatic rings. The number of rotatable bonds is 5. The van der Waals surface area contributed by atoms with Crippen LogP contribution in [0, 0.1) is 0 Å². The van der Waals surface area contributed by atoms with E-state index in [4.69, 9.17) is 20.8 Å².